The fraction of sp³-hybridized carbons (Fsp3) is 0.273. The predicted octanol–water partition coefficient (Wildman–Crippen LogP) is 1.83. The first-order chi connectivity index (χ1) is 8.16. The molecule has 6 heteroatoms. The SMILES string of the molecule is Cc1nc(CNC(=O)C(N)c2cccs2)cs1. The van der Waals surface area contributed by atoms with E-state index in [2.05, 4.69) is 10.3 Å². The van der Waals surface area contributed by atoms with Crippen molar-refractivity contribution in [2.24, 2.45) is 5.73 Å². The number of aryl methyl sites for hydroxylation is 1. The second-order valence-corrected chi connectivity index (χ2v) is 5.61. The lowest BCUT2D eigenvalue weighted by atomic mass is 10.2. The number of rotatable bonds is 4. The van der Waals surface area contributed by atoms with Crippen molar-refractivity contribution in [3.05, 3.63) is 38.5 Å². The molecule has 0 aliphatic carbocycles. The number of thiophene rings is 1. The van der Waals surface area contributed by atoms with E-state index in [9.17, 15) is 4.79 Å². The molecule has 17 heavy (non-hydrogen) atoms. The maximum absolute atomic E-state index is 11.8. The molecule has 0 aliphatic rings. The van der Waals surface area contributed by atoms with Crippen molar-refractivity contribution in [2.75, 3.05) is 0 Å². The summed E-state index contributed by atoms with van der Waals surface area (Å²) in [5, 5.41) is 7.63. The summed E-state index contributed by atoms with van der Waals surface area (Å²) in [5.41, 5.74) is 6.71. The smallest absolute Gasteiger partial charge is 0.242 e. The first kappa shape index (κ1) is 12.2. The maximum Gasteiger partial charge on any atom is 0.242 e. The summed E-state index contributed by atoms with van der Waals surface area (Å²) in [4.78, 5) is 16.9. The Kier molecular flexibility index (Phi) is 3.88. The highest BCUT2D eigenvalue weighted by atomic mass is 32.1. The van der Waals surface area contributed by atoms with Gasteiger partial charge in [-0.3, -0.25) is 4.79 Å². The van der Waals surface area contributed by atoms with Crippen LogP contribution in [0, 0.1) is 6.92 Å². The number of nitrogens with one attached hydrogen (secondary N) is 1. The third-order valence-corrected chi connectivity index (χ3v) is 4.02. The maximum atomic E-state index is 11.8. The van der Waals surface area contributed by atoms with Crippen LogP contribution in [0.1, 0.15) is 21.6 Å². The summed E-state index contributed by atoms with van der Waals surface area (Å²) in [6.45, 7) is 2.37. The summed E-state index contributed by atoms with van der Waals surface area (Å²) in [5.74, 6) is -0.168. The lowest BCUT2D eigenvalue weighted by Gasteiger charge is -2.09. The molecule has 2 aromatic heterocycles. The van der Waals surface area contributed by atoms with E-state index in [1.807, 2.05) is 29.8 Å². The van der Waals surface area contributed by atoms with Crippen LogP contribution in [0.4, 0.5) is 0 Å². The standard InChI is InChI=1S/C11H13N3OS2/c1-7-14-8(6-17-7)5-13-11(15)10(12)9-3-2-4-16-9/h2-4,6,10H,5,12H2,1H3,(H,13,15). The Morgan fingerprint density at radius 3 is 3.00 bits per heavy atom. The number of amides is 1. The molecule has 0 saturated carbocycles. The monoisotopic (exact) mass is 267 g/mol. The second-order valence-electron chi connectivity index (χ2n) is 3.57. The van der Waals surface area contributed by atoms with Crippen LogP contribution in [0.3, 0.4) is 0 Å². The van der Waals surface area contributed by atoms with Gasteiger partial charge in [0.25, 0.3) is 0 Å². The molecule has 2 aromatic rings. The lowest BCUT2D eigenvalue weighted by molar-refractivity contribution is -0.122. The van der Waals surface area contributed by atoms with Gasteiger partial charge < -0.3 is 11.1 Å². The Balaban J connectivity index is 1.89. The molecule has 0 bridgehead atoms. The van der Waals surface area contributed by atoms with Gasteiger partial charge in [-0.15, -0.1) is 22.7 Å². The number of nitrogens with two attached hydrogens (primary N) is 1. The molecule has 1 unspecified atom stereocenters. The van der Waals surface area contributed by atoms with Crippen LogP contribution in [-0.4, -0.2) is 10.9 Å². The minimum absolute atomic E-state index is 0.168. The zero-order valence-electron chi connectivity index (χ0n) is 9.34. The highest BCUT2D eigenvalue weighted by Crippen LogP contribution is 2.16. The summed E-state index contributed by atoms with van der Waals surface area (Å²) >= 11 is 3.06. The summed E-state index contributed by atoms with van der Waals surface area (Å²) in [6, 6.07) is 3.16. The van der Waals surface area contributed by atoms with Gasteiger partial charge >= 0.3 is 0 Å². The van der Waals surface area contributed by atoms with Crippen molar-refractivity contribution in [2.45, 2.75) is 19.5 Å². The van der Waals surface area contributed by atoms with Gasteiger partial charge in [0.1, 0.15) is 6.04 Å². The number of carbonyl (C=O) groups is 1. The molecular weight excluding hydrogens is 254 g/mol. The summed E-state index contributed by atoms with van der Waals surface area (Å²) in [6.07, 6.45) is 0. The van der Waals surface area contributed by atoms with Crippen LogP contribution in [0.25, 0.3) is 0 Å². The fourth-order valence-electron chi connectivity index (χ4n) is 1.37. The minimum atomic E-state index is -0.588. The first-order valence-electron chi connectivity index (χ1n) is 5.14. The van der Waals surface area contributed by atoms with E-state index in [0.717, 1.165) is 15.6 Å². The van der Waals surface area contributed by atoms with Crippen LogP contribution < -0.4 is 11.1 Å². The largest absolute Gasteiger partial charge is 0.349 e. The van der Waals surface area contributed by atoms with Crippen molar-refractivity contribution < 1.29 is 4.79 Å². The van der Waals surface area contributed by atoms with Gasteiger partial charge in [0, 0.05) is 10.3 Å². The molecule has 0 spiro atoms. The number of carbonyl (C=O) groups excluding carboxylic acids is 1. The van der Waals surface area contributed by atoms with Crippen LogP contribution in [0.2, 0.25) is 0 Å². The molecule has 0 aliphatic heterocycles. The molecule has 1 amide bonds. The molecule has 1 atom stereocenters. The van der Waals surface area contributed by atoms with Crippen LogP contribution >= 0.6 is 22.7 Å². The van der Waals surface area contributed by atoms with Gasteiger partial charge in [-0.25, -0.2) is 4.98 Å². The number of thiazole rings is 1. The van der Waals surface area contributed by atoms with E-state index >= 15 is 0 Å². The number of nitrogens with zero attached hydrogens (tertiary/aromatic N) is 1. The molecule has 2 rings (SSSR count). The summed E-state index contributed by atoms with van der Waals surface area (Å²) < 4.78 is 0. The molecule has 2 heterocycles. The van der Waals surface area contributed by atoms with Gasteiger partial charge in [0.05, 0.1) is 17.2 Å². The van der Waals surface area contributed by atoms with E-state index in [1.165, 1.54) is 11.3 Å². The number of aromatic nitrogens is 1. The molecule has 0 saturated heterocycles. The van der Waals surface area contributed by atoms with E-state index in [-0.39, 0.29) is 5.91 Å². The van der Waals surface area contributed by atoms with E-state index in [1.54, 1.807) is 11.3 Å². The van der Waals surface area contributed by atoms with Gasteiger partial charge in [-0.05, 0) is 18.4 Å². The Bertz CT molecular complexity index is 493. The quantitative estimate of drug-likeness (QED) is 0.888. The fourth-order valence-corrected chi connectivity index (χ4v) is 2.71. The number of hydrogen-bond donors (Lipinski definition) is 2. The second kappa shape index (κ2) is 5.39. The van der Waals surface area contributed by atoms with Crippen molar-refractivity contribution >= 4 is 28.6 Å². The van der Waals surface area contributed by atoms with E-state index in [0.29, 0.717) is 6.54 Å². The van der Waals surface area contributed by atoms with Gasteiger partial charge in [-0.2, -0.15) is 0 Å². The highest BCUT2D eigenvalue weighted by molar-refractivity contribution is 7.10. The molecule has 90 valence electrons. The van der Waals surface area contributed by atoms with Crippen molar-refractivity contribution in [3.8, 4) is 0 Å². The summed E-state index contributed by atoms with van der Waals surface area (Å²) in [7, 11) is 0. The molecular formula is C11H13N3OS2. The molecule has 0 fully saturated rings. The average Bonchev–Trinajstić information content (AvgIpc) is 2.95. The van der Waals surface area contributed by atoms with Crippen LogP contribution in [-0.2, 0) is 11.3 Å². The molecule has 0 aromatic carbocycles. The van der Waals surface area contributed by atoms with Crippen molar-refractivity contribution in [1.29, 1.82) is 0 Å². The van der Waals surface area contributed by atoms with E-state index in [4.69, 9.17) is 5.73 Å². The molecule has 4 nitrogen and oxygen atoms in total. The molecule has 0 radical (unpaired) electrons. The van der Waals surface area contributed by atoms with Gasteiger partial charge in [0.15, 0.2) is 0 Å². The zero-order valence-corrected chi connectivity index (χ0v) is 11.0. The third kappa shape index (κ3) is 3.12. The zero-order chi connectivity index (χ0) is 12.3. The van der Waals surface area contributed by atoms with E-state index < -0.39 is 6.04 Å². The van der Waals surface area contributed by atoms with Crippen molar-refractivity contribution in [3.63, 3.8) is 0 Å². The Morgan fingerprint density at radius 1 is 1.59 bits per heavy atom. The minimum Gasteiger partial charge on any atom is -0.349 e. The Morgan fingerprint density at radius 2 is 2.41 bits per heavy atom. The Labute approximate surface area is 107 Å². The lowest BCUT2D eigenvalue weighted by Crippen LogP contribution is -2.33. The first-order valence-corrected chi connectivity index (χ1v) is 6.90. The third-order valence-electron chi connectivity index (χ3n) is 2.24. The van der Waals surface area contributed by atoms with Crippen molar-refractivity contribution in [1.82, 2.24) is 10.3 Å². The van der Waals surface area contributed by atoms with Gasteiger partial charge in [0.2, 0.25) is 5.91 Å². The average molecular weight is 267 g/mol. The van der Waals surface area contributed by atoms with Crippen LogP contribution in [0.15, 0.2) is 22.9 Å². The Hall–Kier alpha value is -1.24. The molecule has 3 N–H and O–H groups in total. The normalized spacial score (nSPS) is 12.4. The topological polar surface area (TPSA) is 68.0 Å². The number of hydrogen-bond acceptors (Lipinski definition) is 5. The predicted molar refractivity (Wildman–Crippen MR) is 69.9 cm³/mol. The highest BCUT2D eigenvalue weighted by Gasteiger charge is 2.16. The van der Waals surface area contributed by atoms with Crippen LogP contribution in [0.5, 0.6) is 0 Å². The van der Waals surface area contributed by atoms with Gasteiger partial charge in [-0.1, -0.05) is 6.07 Å².